The van der Waals surface area contributed by atoms with E-state index in [9.17, 15) is 9.59 Å². The van der Waals surface area contributed by atoms with Crippen LogP contribution in [0.5, 0.6) is 17.2 Å². The van der Waals surface area contributed by atoms with Gasteiger partial charge in [-0.05, 0) is 49.2 Å². The lowest BCUT2D eigenvalue weighted by Gasteiger charge is -2.11. The van der Waals surface area contributed by atoms with Crippen molar-refractivity contribution in [2.75, 3.05) is 20.3 Å². The zero-order valence-electron chi connectivity index (χ0n) is 16.0. The van der Waals surface area contributed by atoms with E-state index in [1.165, 1.54) is 6.26 Å². The summed E-state index contributed by atoms with van der Waals surface area (Å²) in [4.78, 5) is 24.9. The summed E-state index contributed by atoms with van der Waals surface area (Å²) in [5.41, 5.74) is 0.639. The summed E-state index contributed by atoms with van der Waals surface area (Å²) in [6, 6.07) is 11.5. The van der Waals surface area contributed by atoms with Crippen molar-refractivity contribution in [2.45, 2.75) is 18.9 Å². The SMILES string of the molecule is COc1ccc2c(=O)c(Oc3ccc(C(=O)NC[C@H]4CCCO4)cc3)coc2c1. The standard InChI is InChI=1S/C22H21NO6/c1-26-16-8-9-18-19(11-16)28-13-20(21(18)24)29-15-6-4-14(5-7-15)22(25)23-12-17-3-2-10-27-17/h4-9,11,13,17H,2-3,10,12H2,1H3,(H,23,25)/t17-/m1/s1. The maximum Gasteiger partial charge on any atom is 0.251 e. The Morgan fingerprint density at radius 3 is 2.69 bits per heavy atom. The first-order chi connectivity index (χ1) is 14.1. The van der Waals surface area contributed by atoms with Crippen molar-refractivity contribution < 1.29 is 23.4 Å². The van der Waals surface area contributed by atoms with Crippen LogP contribution in [-0.4, -0.2) is 32.3 Å². The van der Waals surface area contributed by atoms with Gasteiger partial charge in [0.25, 0.3) is 5.91 Å². The van der Waals surface area contributed by atoms with Gasteiger partial charge in [-0.25, -0.2) is 0 Å². The van der Waals surface area contributed by atoms with Crippen LogP contribution in [0, 0.1) is 0 Å². The molecular formula is C22H21NO6. The first-order valence-corrected chi connectivity index (χ1v) is 9.41. The molecule has 4 rings (SSSR count). The summed E-state index contributed by atoms with van der Waals surface area (Å²) in [6.45, 7) is 1.25. The average Bonchev–Trinajstić information content (AvgIpc) is 3.28. The van der Waals surface area contributed by atoms with E-state index in [0.29, 0.717) is 34.6 Å². The van der Waals surface area contributed by atoms with Crippen molar-refractivity contribution >= 4 is 16.9 Å². The molecule has 0 aliphatic carbocycles. The molecule has 1 aliphatic heterocycles. The molecular weight excluding hydrogens is 374 g/mol. The number of methoxy groups -OCH3 is 1. The fourth-order valence-electron chi connectivity index (χ4n) is 3.20. The van der Waals surface area contributed by atoms with E-state index in [1.807, 2.05) is 0 Å². The molecule has 3 aromatic rings. The quantitative estimate of drug-likeness (QED) is 0.687. The Morgan fingerprint density at radius 1 is 1.17 bits per heavy atom. The van der Waals surface area contributed by atoms with E-state index < -0.39 is 0 Å². The molecule has 1 aliphatic rings. The van der Waals surface area contributed by atoms with Crippen LogP contribution < -0.4 is 20.2 Å². The molecule has 1 atom stereocenters. The summed E-state index contributed by atoms with van der Waals surface area (Å²) in [7, 11) is 1.54. The van der Waals surface area contributed by atoms with E-state index in [4.69, 9.17) is 18.6 Å². The molecule has 0 saturated carbocycles. The molecule has 29 heavy (non-hydrogen) atoms. The van der Waals surface area contributed by atoms with Gasteiger partial charge in [0.1, 0.15) is 23.3 Å². The van der Waals surface area contributed by atoms with E-state index in [2.05, 4.69) is 5.32 Å². The summed E-state index contributed by atoms with van der Waals surface area (Å²) in [5.74, 6) is 0.924. The van der Waals surface area contributed by atoms with Crippen molar-refractivity contribution in [3.05, 3.63) is 64.5 Å². The normalized spacial score (nSPS) is 16.0. The molecule has 0 unspecified atom stereocenters. The van der Waals surface area contributed by atoms with Gasteiger partial charge in [0.05, 0.1) is 18.6 Å². The Balaban J connectivity index is 1.45. The fourth-order valence-corrected chi connectivity index (χ4v) is 3.20. The van der Waals surface area contributed by atoms with Crippen LogP contribution in [0.4, 0.5) is 0 Å². The second kappa shape index (κ2) is 8.36. The summed E-state index contributed by atoms with van der Waals surface area (Å²) in [5, 5.41) is 3.27. The van der Waals surface area contributed by atoms with Crippen LogP contribution in [0.25, 0.3) is 11.0 Å². The maximum absolute atomic E-state index is 12.6. The van der Waals surface area contributed by atoms with Gasteiger partial charge in [-0.1, -0.05) is 0 Å². The second-order valence-corrected chi connectivity index (χ2v) is 6.76. The molecule has 0 radical (unpaired) electrons. The number of nitrogens with one attached hydrogen (secondary N) is 1. The molecule has 1 saturated heterocycles. The predicted molar refractivity (Wildman–Crippen MR) is 107 cm³/mol. The third kappa shape index (κ3) is 4.25. The Kier molecular flexibility index (Phi) is 5.48. The van der Waals surface area contributed by atoms with Gasteiger partial charge in [0.2, 0.25) is 11.2 Å². The minimum Gasteiger partial charge on any atom is -0.497 e. The summed E-state index contributed by atoms with van der Waals surface area (Å²) >= 11 is 0. The minimum atomic E-state index is -0.285. The van der Waals surface area contributed by atoms with Crippen molar-refractivity contribution in [3.63, 3.8) is 0 Å². The van der Waals surface area contributed by atoms with E-state index in [0.717, 1.165) is 19.4 Å². The minimum absolute atomic E-state index is 0.0678. The van der Waals surface area contributed by atoms with Crippen LogP contribution in [0.3, 0.4) is 0 Å². The van der Waals surface area contributed by atoms with Gasteiger partial charge in [-0.2, -0.15) is 0 Å². The van der Waals surface area contributed by atoms with Gasteiger partial charge in [-0.15, -0.1) is 0 Å². The highest BCUT2D eigenvalue weighted by Gasteiger charge is 2.17. The molecule has 0 spiro atoms. The molecule has 1 N–H and O–H groups in total. The molecule has 7 heteroatoms. The molecule has 0 bridgehead atoms. The monoisotopic (exact) mass is 395 g/mol. The van der Waals surface area contributed by atoms with Crippen molar-refractivity contribution in [2.24, 2.45) is 0 Å². The number of fused-ring (bicyclic) bond motifs is 1. The highest BCUT2D eigenvalue weighted by molar-refractivity contribution is 5.94. The van der Waals surface area contributed by atoms with Crippen molar-refractivity contribution in [1.29, 1.82) is 0 Å². The fraction of sp³-hybridized carbons (Fsp3) is 0.273. The maximum atomic E-state index is 12.6. The molecule has 150 valence electrons. The predicted octanol–water partition coefficient (Wildman–Crippen LogP) is 3.50. The van der Waals surface area contributed by atoms with Gasteiger partial charge in [-0.3, -0.25) is 9.59 Å². The molecule has 2 aromatic carbocycles. The number of carbonyl (C=O) groups excluding carboxylic acids is 1. The number of carbonyl (C=O) groups is 1. The van der Waals surface area contributed by atoms with Gasteiger partial charge in [0, 0.05) is 24.8 Å². The summed E-state index contributed by atoms with van der Waals surface area (Å²) < 4.78 is 21.8. The third-order valence-electron chi connectivity index (χ3n) is 4.81. The van der Waals surface area contributed by atoms with Crippen LogP contribution in [0.2, 0.25) is 0 Å². The zero-order chi connectivity index (χ0) is 20.2. The van der Waals surface area contributed by atoms with Gasteiger partial charge in [0.15, 0.2) is 0 Å². The van der Waals surface area contributed by atoms with Crippen LogP contribution in [0.1, 0.15) is 23.2 Å². The largest absolute Gasteiger partial charge is 0.497 e. The number of hydrogen-bond acceptors (Lipinski definition) is 6. The molecule has 2 heterocycles. The van der Waals surface area contributed by atoms with Gasteiger partial charge < -0.3 is 23.9 Å². The number of rotatable bonds is 6. The lowest BCUT2D eigenvalue weighted by molar-refractivity contribution is 0.0858. The summed E-state index contributed by atoms with van der Waals surface area (Å²) in [6.07, 6.45) is 3.36. The average molecular weight is 395 g/mol. The Labute approximate surface area is 167 Å². The number of amides is 1. The van der Waals surface area contributed by atoms with Crippen LogP contribution in [-0.2, 0) is 4.74 Å². The molecule has 1 fully saturated rings. The molecule has 7 nitrogen and oxygen atoms in total. The Bertz CT molecular complexity index is 1070. The number of hydrogen-bond donors (Lipinski definition) is 1. The van der Waals surface area contributed by atoms with Crippen LogP contribution in [0.15, 0.2) is 57.9 Å². The number of benzene rings is 2. The lowest BCUT2D eigenvalue weighted by atomic mass is 10.2. The Morgan fingerprint density at radius 2 is 1.97 bits per heavy atom. The second-order valence-electron chi connectivity index (χ2n) is 6.76. The first-order valence-electron chi connectivity index (χ1n) is 9.41. The van der Waals surface area contributed by atoms with Gasteiger partial charge >= 0.3 is 0 Å². The Hall–Kier alpha value is -3.32. The third-order valence-corrected chi connectivity index (χ3v) is 4.81. The van der Waals surface area contributed by atoms with E-state index >= 15 is 0 Å². The molecule has 1 amide bonds. The topological polar surface area (TPSA) is 87.0 Å². The van der Waals surface area contributed by atoms with Crippen molar-refractivity contribution in [3.8, 4) is 17.2 Å². The highest BCUT2D eigenvalue weighted by Crippen LogP contribution is 2.24. The first kappa shape index (κ1) is 19.0. The number of ether oxygens (including phenoxy) is 3. The zero-order valence-corrected chi connectivity index (χ0v) is 16.0. The van der Waals surface area contributed by atoms with Crippen LogP contribution >= 0.6 is 0 Å². The van der Waals surface area contributed by atoms with Crippen molar-refractivity contribution in [1.82, 2.24) is 5.32 Å². The lowest BCUT2D eigenvalue weighted by Crippen LogP contribution is -2.31. The van der Waals surface area contributed by atoms with E-state index in [1.54, 1.807) is 49.6 Å². The van der Waals surface area contributed by atoms with E-state index in [-0.39, 0.29) is 23.2 Å². The highest BCUT2D eigenvalue weighted by atomic mass is 16.5. The smallest absolute Gasteiger partial charge is 0.251 e. The molecule has 1 aromatic heterocycles.